The van der Waals surface area contributed by atoms with E-state index in [-0.39, 0.29) is 13.2 Å². The number of aliphatic hydroxyl groups is 1. The van der Waals surface area contributed by atoms with Gasteiger partial charge >= 0.3 is 6.18 Å². The fraction of sp³-hybridized carbons (Fsp3) is 0.409. The molecule has 2 aromatic carbocycles. The van der Waals surface area contributed by atoms with Crippen molar-refractivity contribution in [3.63, 3.8) is 0 Å². The highest BCUT2D eigenvalue weighted by atomic mass is 19.4. The molecule has 0 aliphatic rings. The summed E-state index contributed by atoms with van der Waals surface area (Å²) in [6.45, 7) is 1.87. The Bertz CT molecular complexity index is 809. The Balaban J connectivity index is 1.86. The molecule has 0 fully saturated rings. The molecule has 0 bridgehead atoms. The molecule has 0 amide bonds. The van der Waals surface area contributed by atoms with Gasteiger partial charge < -0.3 is 25.2 Å². The van der Waals surface area contributed by atoms with E-state index in [1.54, 1.807) is 55.6 Å². The SMILES string of the molecule is CCNC(=NCc1ccc(COCC(F)(F)F)cc1)NCC(O)c1ccc(OC)cc1. The second-order valence-corrected chi connectivity index (χ2v) is 6.79. The Morgan fingerprint density at radius 1 is 1.03 bits per heavy atom. The lowest BCUT2D eigenvalue weighted by molar-refractivity contribution is -0.176. The van der Waals surface area contributed by atoms with Gasteiger partial charge in [0.05, 0.1) is 26.4 Å². The van der Waals surface area contributed by atoms with E-state index < -0.39 is 18.9 Å². The van der Waals surface area contributed by atoms with Crippen molar-refractivity contribution < 1.29 is 27.8 Å². The van der Waals surface area contributed by atoms with Crippen molar-refractivity contribution >= 4 is 5.96 Å². The monoisotopic (exact) mass is 439 g/mol. The van der Waals surface area contributed by atoms with Crippen LogP contribution in [-0.4, -0.2) is 44.0 Å². The summed E-state index contributed by atoms with van der Waals surface area (Å²) < 4.78 is 46.2. The minimum atomic E-state index is -4.33. The minimum Gasteiger partial charge on any atom is -0.497 e. The van der Waals surface area contributed by atoms with Crippen molar-refractivity contribution in [1.82, 2.24) is 10.6 Å². The van der Waals surface area contributed by atoms with E-state index in [2.05, 4.69) is 20.4 Å². The first-order valence-electron chi connectivity index (χ1n) is 9.87. The number of ether oxygens (including phenoxy) is 2. The number of rotatable bonds is 10. The molecular weight excluding hydrogens is 411 g/mol. The predicted molar refractivity (Wildman–Crippen MR) is 113 cm³/mol. The van der Waals surface area contributed by atoms with Crippen molar-refractivity contribution in [3.8, 4) is 5.75 Å². The van der Waals surface area contributed by atoms with E-state index in [4.69, 9.17) is 4.74 Å². The summed E-state index contributed by atoms with van der Waals surface area (Å²) in [6, 6.07) is 14.2. The number of nitrogens with zero attached hydrogens (tertiary/aromatic N) is 1. The van der Waals surface area contributed by atoms with Crippen LogP contribution in [-0.2, 0) is 17.9 Å². The lowest BCUT2D eigenvalue weighted by Gasteiger charge is -2.16. The van der Waals surface area contributed by atoms with Crippen molar-refractivity contribution in [1.29, 1.82) is 0 Å². The van der Waals surface area contributed by atoms with Gasteiger partial charge in [-0.1, -0.05) is 36.4 Å². The number of alkyl halides is 3. The number of hydrogen-bond acceptors (Lipinski definition) is 4. The van der Waals surface area contributed by atoms with Crippen LogP contribution in [0, 0.1) is 0 Å². The van der Waals surface area contributed by atoms with E-state index >= 15 is 0 Å². The molecule has 0 radical (unpaired) electrons. The van der Waals surface area contributed by atoms with E-state index in [1.165, 1.54) is 0 Å². The van der Waals surface area contributed by atoms with Gasteiger partial charge in [-0.2, -0.15) is 13.2 Å². The second kappa shape index (κ2) is 12.2. The summed E-state index contributed by atoms with van der Waals surface area (Å²) >= 11 is 0. The molecule has 0 aliphatic carbocycles. The van der Waals surface area contributed by atoms with Crippen LogP contribution < -0.4 is 15.4 Å². The molecule has 1 unspecified atom stereocenters. The van der Waals surface area contributed by atoms with Crippen LogP contribution >= 0.6 is 0 Å². The van der Waals surface area contributed by atoms with Crippen LogP contribution in [0.25, 0.3) is 0 Å². The molecule has 3 N–H and O–H groups in total. The maximum Gasteiger partial charge on any atom is 0.411 e. The van der Waals surface area contributed by atoms with Gasteiger partial charge in [-0.3, -0.25) is 0 Å². The van der Waals surface area contributed by atoms with Gasteiger partial charge in [-0.15, -0.1) is 0 Å². The molecule has 0 saturated carbocycles. The quantitative estimate of drug-likeness (QED) is 0.390. The van der Waals surface area contributed by atoms with Gasteiger partial charge in [-0.05, 0) is 35.7 Å². The molecule has 6 nitrogen and oxygen atoms in total. The Morgan fingerprint density at radius 2 is 1.68 bits per heavy atom. The molecule has 2 aromatic rings. The van der Waals surface area contributed by atoms with E-state index in [0.29, 0.717) is 24.6 Å². The van der Waals surface area contributed by atoms with Crippen molar-refractivity contribution in [3.05, 3.63) is 65.2 Å². The molecule has 0 saturated heterocycles. The van der Waals surface area contributed by atoms with Gasteiger partial charge in [0.1, 0.15) is 12.4 Å². The maximum absolute atomic E-state index is 12.1. The number of methoxy groups -OCH3 is 1. The standard InChI is InChI=1S/C22H28F3N3O3/c1-3-26-21(28-13-20(29)18-8-10-19(30-2)11-9-18)27-12-16-4-6-17(7-5-16)14-31-15-22(23,24)25/h4-11,20,29H,3,12-15H2,1-2H3,(H2,26,27,28). The highest BCUT2D eigenvalue weighted by molar-refractivity contribution is 5.79. The summed E-state index contributed by atoms with van der Waals surface area (Å²) in [7, 11) is 1.58. The molecule has 0 aromatic heterocycles. The fourth-order valence-electron chi connectivity index (χ4n) is 2.67. The normalized spacial score (nSPS) is 13.0. The van der Waals surface area contributed by atoms with E-state index in [9.17, 15) is 18.3 Å². The van der Waals surface area contributed by atoms with Crippen LogP contribution in [0.15, 0.2) is 53.5 Å². The van der Waals surface area contributed by atoms with Gasteiger partial charge in [-0.25, -0.2) is 4.99 Å². The van der Waals surface area contributed by atoms with Crippen LogP contribution in [0.1, 0.15) is 29.7 Å². The van der Waals surface area contributed by atoms with Crippen LogP contribution in [0.2, 0.25) is 0 Å². The average Bonchev–Trinajstić information content (AvgIpc) is 2.75. The van der Waals surface area contributed by atoms with E-state index in [0.717, 1.165) is 16.9 Å². The maximum atomic E-state index is 12.1. The summed E-state index contributed by atoms with van der Waals surface area (Å²) in [5.41, 5.74) is 2.31. The van der Waals surface area contributed by atoms with Gasteiger partial charge in [0.15, 0.2) is 5.96 Å². The van der Waals surface area contributed by atoms with Gasteiger partial charge in [0.25, 0.3) is 0 Å². The zero-order valence-corrected chi connectivity index (χ0v) is 17.6. The third-order valence-electron chi connectivity index (χ3n) is 4.28. The molecular formula is C22H28F3N3O3. The lowest BCUT2D eigenvalue weighted by atomic mass is 10.1. The average molecular weight is 439 g/mol. The molecule has 170 valence electrons. The van der Waals surface area contributed by atoms with Crippen molar-refractivity contribution in [2.75, 3.05) is 26.8 Å². The van der Waals surface area contributed by atoms with Crippen LogP contribution in [0.4, 0.5) is 13.2 Å². The summed E-state index contributed by atoms with van der Waals surface area (Å²) in [4.78, 5) is 4.48. The fourth-order valence-corrected chi connectivity index (χ4v) is 2.67. The van der Waals surface area contributed by atoms with Crippen molar-refractivity contribution in [2.45, 2.75) is 32.4 Å². The number of benzene rings is 2. The van der Waals surface area contributed by atoms with Gasteiger partial charge in [0.2, 0.25) is 0 Å². The number of guanidine groups is 1. The zero-order valence-electron chi connectivity index (χ0n) is 17.6. The number of nitrogens with one attached hydrogen (secondary N) is 2. The Kier molecular flexibility index (Phi) is 9.61. The van der Waals surface area contributed by atoms with Crippen molar-refractivity contribution in [2.24, 2.45) is 4.99 Å². The smallest absolute Gasteiger partial charge is 0.411 e. The number of halogens is 3. The lowest BCUT2D eigenvalue weighted by Crippen LogP contribution is -2.39. The third-order valence-corrected chi connectivity index (χ3v) is 4.28. The predicted octanol–water partition coefficient (Wildman–Crippen LogP) is 3.56. The molecule has 31 heavy (non-hydrogen) atoms. The number of aliphatic imine (C=N–C) groups is 1. The highest BCUT2D eigenvalue weighted by Gasteiger charge is 2.27. The Labute approximate surface area is 180 Å². The minimum absolute atomic E-state index is 0.101. The Hall–Kier alpha value is -2.78. The third kappa shape index (κ3) is 9.27. The largest absolute Gasteiger partial charge is 0.497 e. The van der Waals surface area contributed by atoms with Gasteiger partial charge in [0, 0.05) is 13.1 Å². The summed E-state index contributed by atoms with van der Waals surface area (Å²) in [5, 5.41) is 16.6. The molecule has 0 heterocycles. The first-order valence-corrected chi connectivity index (χ1v) is 9.87. The Morgan fingerprint density at radius 3 is 2.26 bits per heavy atom. The van der Waals surface area contributed by atoms with E-state index in [1.807, 2.05) is 6.92 Å². The molecule has 0 aliphatic heterocycles. The topological polar surface area (TPSA) is 75.1 Å². The summed E-state index contributed by atoms with van der Waals surface area (Å²) in [5.74, 6) is 1.27. The molecule has 1 atom stereocenters. The highest BCUT2D eigenvalue weighted by Crippen LogP contribution is 2.17. The molecule has 2 rings (SSSR count). The first kappa shape index (κ1) is 24.5. The second-order valence-electron chi connectivity index (χ2n) is 6.79. The number of aliphatic hydroxyl groups excluding tert-OH is 1. The molecule has 9 heteroatoms. The van der Waals surface area contributed by atoms with Crippen LogP contribution in [0.5, 0.6) is 5.75 Å². The number of hydrogen-bond donors (Lipinski definition) is 3. The summed E-state index contributed by atoms with van der Waals surface area (Å²) in [6.07, 6.45) is -5.04. The van der Waals surface area contributed by atoms with Crippen LogP contribution in [0.3, 0.4) is 0 Å². The zero-order chi connectivity index (χ0) is 22.7. The molecule has 0 spiro atoms. The first-order chi connectivity index (χ1) is 14.8.